The van der Waals surface area contributed by atoms with Gasteiger partial charge in [0.15, 0.2) is 5.78 Å². The number of ether oxygens (including phenoxy) is 1. The number of carbonyl (C=O) groups is 1. The zero-order valence-corrected chi connectivity index (χ0v) is 12.4. The van der Waals surface area contributed by atoms with Gasteiger partial charge >= 0.3 is 0 Å². The monoisotopic (exact) mass is 296 g/mol. The maximum Gasteiger partial charge on any atom is 0.166 e. The van der Waals surface area contributed by atoms with Crippen LogP contribution in [0, 0.1) is 17.6 Å². The summed E-state index contributed by atoms with van der Waals surface area (Å²) in [6.45, 7) is 2.31. The Morgan fingerprint density at radius 2 is 2.00 bits per heavy atom. The van der Waals surface area contributed by atoms with Crippen molar-refractivity contribution in [1.29, 1.82) is 0 Å². The van der Waals surface area contributed by atoms with Crippen molar-refractivity contribution in [3.05, 3.63) is 35.4 Å². The molecule has 0 aliphatic heterocycles. The molecule has 4 heteroatoms. The van der Waals surface area contributed by atoms with E-state index in [4.69, 9.17) is 4.74 Å². The fourth-order valence-corrected chi connectivity index (χ4v) is 3.08. The molecule has 0 aromatic heterocycles. The van der Waals surface area contributed by atoms with Gasteiger partial charge in [0.05, 0.1) is 0 Å². The summed E-state index contributed by atoms with van der Waals surface area (Å²) < 4.78 is 32.5. The number of hydrogen-bond acceptors (Lipinski definition) is 2. The summed E-state index contributed by atoms with van der Waals surface area (Å²) in [6, 6.07) is 3.22. The number of benzene rings is 1. The first kappa shape index (κ1) is 16.1. The lowest BCUT2D eigenvalue weighted by Gasteiger charge is -2.29. The first-order chi connectivity index (χ1) is 10.1. The molecule has 0 bridgehead atoms. The largest absolute Gasteiger partial charge is 0.370 e. The van der Waals surface area contributed by atoms with E-state index in [0.717, 1.165) is 43.9 Å². The van der Waals surface area contributed by atoms with Crippen LogP contribution in [0.15, 0.2) is 18.2 Å². The molecule has 2 rings (SSSR count). The summed E-state index contributed by atoms with van der Waals surface area (Å²) in [5.74, 6) is -0.996. The van der Waals surface area contributed by atoms with Crippen molar-refractivity contribution in [2.75, 3.05) is 6.61 Å². The third-order valence-electron chi connectivity index (χ3n) is 4.11. The van der Waals surface area contributed by atoms with Crippen LogP contribution in [0.5, 0.6) is 0 Å². The van der Waals surface area contributed by atoms with Crippen LogP contribution in [0.3, 0.4) is 0 Å². The van der Waals surface area contributed by atoms with Gasteiger partial charge in [-0.05, 0) is 49.4 Å². The van der Waals surface area contributed by atoms with E-state index in [1.165, 1.54) is 6.42 Å². The zero-order valence-electron chi connectivity index (χ0n) is 12.4. The molecule has 2 nitrogen and oxygen atoms in total. The third-order valence-corrected chi connectivity index (χ3v) is 4.11. The molecule has 0 spiro atoms. The molecular weight excluding hydrogens is 274 g/mol. The summed E-state index contributed by atoms with van der Waals surface area (Å²) in [6.07, 6.45) is 4.76. The fourth-order valence-electron chi connectivity index (χ4n) is 3.08. The predicted molar refractivity (Wildman–Crippen MR) is 77.1 cm³/mol. The summed E-state index contributed by atoms with van der Waals surface area (Å²) in [4.78, 5) is 12.5. The minimum atomic E-state index is -0.538. The molecule has 1 aliphatic rings. The highest BCUT2D eigenvalue weighted by Gasteiger charge is 2.30. The SMILES string of the molecule is CCOC(C(=O)Cc1cc(F)ccc1F)C1CCCCC1. The van der Waals surface area contributed by atoms with Crippen LogP contribution in [0.2, 0.25) is 0 Å². The van der Waals surface area contributed by atoms with Gasteiger partial charge in [-0.1, -0.05) is 19.3 Å². The Labute approximate surface area is 124 Å². The first-order valence-corrected chi connectivity index (χ1v) is 7.70. The van der Waals surface area contributed by atoms with Crippen molar-refractivity contribution in [2.45, 2.75) is 51.6 Å². The van der Waals surface area contributed by atoms with Crippen LogP contribution in [0.25, 0.3) is 0 Å². The maximum atomic E-state index is 13.7. The lowest BCUT2D eigenvalue weighted by Crippen LogP contribution is -2.35. The standard InChI is InChI=1S/C17H22F2O2/c1-2-21-17(12-6-4-3-5-7-12)16(20)11-13-10-14(18)8-9-15(13)19/h8-10,12,17H,2-7,11H2,1H3. The average Bonchev–Trinajstić information content (AvgIpc) is 2.49. The number of rotatable bonds is 6. The van der Waals surface area contributed by atoms with Crippen LogP contribution >= 0.6 is 0 Å². The van der Waals surface area contributed by atoms with Crippen LogP contribution < -0.4 is 0 Å². The van der Waals surface area contributed by atoms with E-state index in [1.807, 2.05) is 6.92 Å². The smallest absolute Gasteiger partial charge is 0.166 e. The lowest BCUT2D eigenvalue weighted by molar-refractivity contribution is -0.134. The number of hydrogen-bond donors (Lipinski definition) is 0. The van der Waals surface area contributed by atoms with Crippen LogP contribution in [0.1, 0.15) is 44.6 Å². The Morgan fingerprint density at radius 1 is 1.29 bits per heavy atom. The molecule has 0 amide bonds. The Kier molecular flexibility index (Phi) is 5.85. The normalized spacial score (nSPS) is 17.7. The van der Waals surface area contributed by atoms with E-state index in [2.05, 4.69) is 0 Å². The van der Waals surface area contributed by atoms with Crippen LogP contribution in [-0.2, 0) is 16.0 Å². The fraction of sp³-hybridized carbons (Fsp3) is 0.588. The van der Waals surface area contributed by atoms with Gasteiger partial charge in [0.25, 0.3) is 0 Å². The molecule has 1 saturated carbocycles. The minimum absolute atomic E-state index is 0.106. The summed E-state index contributed by atoms with van der Waals surface area (Å²) in [5, 5.41) is 0. The van der Waals surface area contributed by atoms with E-state index in [1.54, 1.807) is 0 Å². The maximum absolute atomic E-state index is 13.7. The van der Waals surface area contributed by atoms with Crippen molar-refractivity contribution in [1.82, 2.24) is 0 Å². The molecule has 21 heavy (non-hydrogen) atoms. The van der Waals surface area contributed by atoms with Gasteiger partial charge in [-0.2, -0.15) is 0 Å². The van der Waals surface area contributed by atoms with E-state index in [9.17, 15) is 13.6 Å². The molecule has 0 saturated heterocycles. The second-order valence-corrected chi connectivity index (χ2v) is 5.65. The third kappa shape index (κ3) is 4.34. The molecule has 1 aromatic carbocycles. The molecule has 0 N–H and O–H groups in total. The van der Waals surface area contributed by atoms with Crippen molar-refractivity contribution in [3.8, 4) is 0 Å². The average molecular weight is 296 g/mol. The highest BCUT2D eigenvalue weighted by Crippen LogP contribution is 2.29. The van der Waals surface area contributed by atoms with Gasteiger partial charge in [0.1, 0.15) is 17.7 Å². The van der Waals surface area contributed by atoms with E-state index in [0.29, 0.717) is 6.61 Å². The Morgan fingerprint density at radius 3 is 2.67 bits per heavy atom. The lowest BCUT2D eigenvalue weighted by atomic mass is 9.82. The van der Waals surface area contributed by atoms with Gasteiger partial charge in [0.2, 0.25) is 0 Å². The Balaban J connectivity index is 2.08. The summed E-state index contributed by atoms with van der Waals surface area (Å²) >= 11 is 0. The van der Waals surface area contributed by atoms with Gasteiger partial charge < -0.3 is 4.74 Å². The van der Waals surface area contributed by atoms with E-state index >= 15 is 0 Å². The van der Waals surface area contributed by atoms with Crippen molar-refractivity contribution in [2.24, 2.45) is 5.92 Å². The van der Waals surface area contributed by atoms with Gasteiger partial charge in [-0.25, -0.2) is 8.78 Å². The molecule has 1 aromatic rings. The van der Waals surface area contributed by atoms with Crippen molar-refractivity contribution in [3.63, 3.8) is 0 Å². The highest BCUT2D eigenvalue weighted by atomic mass is 19.1. The molecule has 0 radical (unpaired) electrons. The molecule has 1 fully saturated rings. The molecule has 1 atom stereocenters. The number of carbonyl (C=O) groups excluding carboxylic acids is 1. The first-order valence-electron chi connectivity index (χ1n) is 7.70. The quantitative estimate of drug-likeness (QED) is 0.791. The summed E-state index contributed by atoms with van der Waals surface area (Å²) in [5.41, 5.74) is 0.112. The van der Waals surface area contributed by atoms with Crippen molar-refractivity contribution < 1.29 is 18.3 Å². The molecule has 1 unspecified atom stereocenters. The zero-order chi connectivity index (χ0) is 15.2. The van der Waals surface area contributed by atoms with Gasteiger partial charge in [-0.15, -0.1) is 0 Å². The second-order valence-electron chi connectivity index (χ2n) is 5.65. The van der Waals surface area contributed by atoms with Gasteiger partial charge in [-0.3, -0.25) is 4.79 Å². The Hall–Kier alpha value is -1.29. The van der Waals surface area contributed by atoms with Crippen LogP contribution in [-0.4, -0.2) is 18.5 Å². The number of ketones is 1. The predicted octanol–water partition coefficient (Wildman–Crippen LogP) is 4.06. The summed E-state index contributed by atoms with van der Waals surface area (Å²) in [7, 11) is 0. The molecule has 1 aliphatic carbocycles. The molecule has 0 heterocycles. The van der Waals surface area contributed by atoms with Gasteiger partial charge in [0, 0.05) is 13.0 Å². The van der Waals surface area contributed by atoms with Crippen molar-refractivity contribution >= 4 is 5.78 Å². The van der Waals surface area contributed by atoms with E-state index in [-0.39, 0.29) is 23.7 Å². The van der Waals surface area contributed by atoms with E-state index < -0.39 is 17.7 Å². The highest BCUT2D eigenvalue weighted by molar-refractivity contribution is 5.85. The topological polar surface area (TPSA) is 26.3 Å². The van der Waals surface area contributed by atoms with Crippen LogP contribution in [0.4, 0.5) is 8.78 Å². The molecular formula is C17H22F2O2. The number of Topliss-reactive ketones (excluding diaryl/α,β-unsaturated/α-hetero) is 1. The number of halogens is 2. The molecule has 116 valence electrons. The minimum Gasteiger partial charge on any atom is -0.370 e. The second kappa shape index (κ2) is 7.64. The Bertz CT molecular complexity index is 482.